The lowest BCUT2D eigenvalue weighted by Gasteiger charge is -2.07. The molecule has 0 amide bonds. The van der Waals surface area contributed by atoms with Gasteiger partial charge in [0.1, 0.15) is 0 Å². The fraction of sp³-hybridized carbons (Fsp3) is 1.00. The van der Waals surface area contributed by atoms with Crippen molar-refractivity contribution in [3.05, 3.63) is 0 Å². The summed E-state index contributed by atoms with van der Waals surface area (Å²) >= 11 is 0. The number of hydrogen-bond donors (Lipinski definition) is 2. The minimum Gasteiger partial charge on any atom is -0.393 e. The summed E-state index contributed by atoms with van der Waals surface area (Å²) in [6, 6.07) is 0. The van der Waals surface area contributed by atoms with Crippen LogP contribution in [0.1, 0.15) is 33.1 Å². The highest BCUT2D eigenvalue weighted by Crippen LogP contribution is 2.45. The van der Waals surface area contributed by atoms with E-state index in [2.05, 4.69) is 0 Å². The van der Waals surface area contributed by atoms with Gasteiger partial charge >= 0.3 is 0 Å². The van der Waals surface area contributed by atoms with Crippen molar-refractivity contribution in [2.45, 2.75) is 44.8 Å². The van der Waals surface area contributed by atoms with Crippen LogP contribution in [0.25, 0.3) is 0 Å². The minimum atomic E-state index is -0.462. The van der Waals surface area contributed by atoms with Crippen molar-refractivity contribution in [1.82, 2.24) is 0 Å². The normalized spacial score (nSPS) is 41.4. The third-order valence-electron chi connectivity index (χ3n) is 2.41. The molecule has 0 aromatic rings. The maximum atomic E-state index is 9.33. The van der Waals surface area contributed by atoms with Crippen molar-refractivity contribution in [3.8, 4) is 0 Å². The summed E-state index contributed by atoms with van der Waals surface area (Å²) in [4.78, 5) is 0. The number of aliphatic hydroxyl groups is 2. The molecule has 0 aromatic heterocycles. The monoisotopic (exact) mass is 144 g/mol. The van der Waals surface area contributed by atoms with Gasteiger partial charge in [-0.2, -0.15) is 0 Å². The van der Waals surface area contributed by atoms with Crippen molar-refractivity contribution in [1.29, 1.82) is 0 Å². The number of aliphatic hydroxyl groups excluding tert-OH is 1. The predicted octanol–water partition coefficient (Wildman–Crippen LogP) is 0.918. The van der Waals surface area contributed by atoms with Gasteiger partial charge in [-0.25, -0.2) is 0 Å². The molecule has 1 saturated carbocycles. The molecule has 0 heterocycles. The lowest BCUT2D eigenvalue weighted by atomic mass is 10.1. The fourth-order valence-corrected chi connectivity index (χ4v) is 1.27. The molecule has 0 radical (unpaired) electrons. The zero-order chi connectivity index (χ0) is 7.78. The smallest absolute Gasteiger partial charge is 0.0653 e. The lowest BCUT2D eigenvalue weighted by Crippen LogP contribution is -2.11. The van der Waals surface area contributed by atoms with Gasteiger partial charge in [-0.3, -0.25) is 0 Å². The molecule has 2 N–H and O–H groups in total. The first-order valence-corrected chi connectivity index (χ1v) is 3.96. The first kappa shape index (κ1) is 8.02. The molecule has 3 atom stereocenters. The molecule has 10 heavy (non-hydrogen) atoms. The maximum Gasteiger partial charge on any atom is 0.0653 e. The van der Waals surface area contributed by atoms with Crippen LogP contribution in [-0.2, 0) is 0 Å². The molecule has 0 saturated heterocycles. The van der Waals surface area contributed by atoms with Crippen LogP contribution in [0, 0.1) is 5.92 Å². The third kappa shape index (κ3) is 1.70. The maximum absolute atomic E-state index is 9.33. The molecule has 1 rings (SSSR count). The topological polar surface area (TPSA) is 40.5 Å². The first-order chi connectivity index (χ1) is 4.56. The molecule has 2 nitrogen and oxygen atoms in total. The Bertz CT molecular complexity index is 120. The average Bonchev–Trinajstić information content (AvgIpc) is 2.40. The summed E-state index contributed by atoms with van der Waals surface area (Å²) in [6.07, 6.45) is 2.22. The largest absolute Gasteiger partial charge is 0.393 e. The van der Waals surface area contributed by atoms with Crippen LogP contribution in [0.2, 0.25) is 0 Å². The summed E-state index contributed by atoms with van der Waals surface area (Å²) in [7, 11) is 0. The summed E-state index contributed by atoms with van der Waals surface area (Å²) in [6.45, 7) is 3.79. The van der Waals surface area contributed by atoms with Gasteiger partial charge in [0, 0.05) is 0 Å². The van der Waals surface area contributed by atoms with Gasteiger partial charge in [-0.15, -0.1) is 0 Å². The van der Waals surface area contributed by atoms with Crippen LogP contribution in [0.4, 0.5) is 0 Å². The van der Waals surface area contributed by atoms with Gasteiger partial charge in [-0.05, 0) is 32.1 Å². The summed E-state index contributed by atoms with van der Waals surface area (Å²) < 4.78 is 0. The van der Waals surface area contributed by atoms with Gasteiger partial charge in [0.2, 0.25) is 0 Å². The zero-order valence-electron chi connectivity index (χ0n) is 6.67. The van der Waals surface area contributed by atoms with Crippen LogP contribution < -0.4 is 0 Å². The minimum absolute atomic E-state index is 0.209. The highest BCUT2D eigenvalue weighted by Gasteiger charge is 2.48. The quantitative estimate of drug-likeness (QED) is 0.618. The van der Waals surface area contributed by atoms with Gasteiger partial charge in [0.15, 0.2) is 0 Å². The highest BCUT2D eigenvalue weighted by molar-refractivity contribution is 5.00. The van der Waals surface area contributed by atoms with E-state index in [9.17, 15) is 10.2 Å². The second-order valence-electron chi connectivity index (χ2n) is 3.56. The Morgan fingerprint density at radius 1 is 1.70 bits per heavy atom. The van der Waals surface area contributed by atoms with E-state index in [1.165, 1.54) is 0 Å². The van der Waals surface area contributed by atoms with E-state index in [1.807, 2.05) is 13.8 Å². The molecule has 1 aliphatic rings. The Morgan fingerprint density at radius 3 is 2.50 bits per heavy atom. The highest BCUT2D eigenvalue weighted by atomic mass is 16.3. The predicted molar refractivity (Wildman–Crippen MR) is 39.6 cm³/mol. The SMILES string of the molecule is CCC(O)C[C@@H]1C[C@@]1(C)O. The molecule has 0 spiro atoms. The summed E-state index contributed by atoms with van der Waals surface area (Å²) in [5.74, 6) is 0.349. The third-order valence-corrected chi connectivity index (χ3v) is 2.41. The zero-order valence-corrected chi connectivity index (χ0v) is 6.67. The second-order valence-corrected chi connectivity index (χ2v) is 3.56. The van der Waals surface area contributed by atoms with Crippen LogP contribution >= 0.6 is 0 Å². The molecule has 60 valence electrons. The average molecular weight is 144 g/mol. The van der Waals surface area contributed by atoms with Crippen molar-refractivity contribution in [2.24, 2.45) is 5.92 Å². The standard InChI is InChI=1S/C8H16O2/c1-3-7(9)4-6-5-8(6,2)10/h6-7,9-10H,3-5H2,1-2H3/t6-,7?,8-/m1/s1. The van der Waals surface area contributed by atoms with Gasteiger partial charge < -0.3 is 10.2 Å². The lowest BCUT2D eigenvalue weighted by molar-refractivity contribution is 0.112. The van der Waals surface area contributed by atoms with E-state index in [1.54, 1.807) is 0 Å². The molecule has 1 aliphatic carbocycles. The molecule has 0 bridgehead atoms. The van der Waals surface area contributed by atoms with E-state index < -0.39 is 5.60 Å². The Labute approximate surface area is 61.9 Å². The Hall–Kier alpha value is -0.0800. The van der Waals surface area contributed by atoms with Crippen molar-refractivity contribution >= 4 is 0 Å². The molecular weight excluding hydrogens is 128 g/mol. The first-order valence-electron chi connectivity index (χ1n) is 3.96. The Morgan fingerprint density at radius 2 is 2.20 bits per heavy atom. The Kier molecular flexibility index (Phi) is 2.02. The molecule has 2 heteroatoms. The van der Waals surface area contributed by atoms with Crippen LogP contribution in [0.3, 0.4) is 0 Å². The van der Waals surface area contributed by atoms with Crippen LogP contribution in [-0.4, -0.2) is 21.9 Å². The van der Waals surface area contributed by atoms with Crippen molar-refractivity contribution in [2.75, 3.05) is 0 Å². The molecule has 1 fully saturated rings. The van der Waals surface area contributed by atoms with Crippen molar-refractivity contribution < 1.29 is 10.2 Å². The molecular formula is C8H16O2. The van der Waals surface area contributed by atoms with Crippen LogP contribution in [0.5, 0.6) is 0 Å². The van der Waals surface area contributed by atoms with Gasteiger partial charge in [0.25, 0.3) is 0 Å². The van der Waals surface area contributed by atoms with Gasteiger partial charge in [0.05, 0.1) is 11.7 Å². The number of rotatable bonds is 3. The summed E-state index contributed by atoms with van der Waals surface area (Å²) in [5.41, 5.74) is -0.462. The fourth-order valence-electron chi connectivity index (χ4n) is 1.27. The van der Waals surface area contributed by atoms with Gasteiger partial charge in [-0.1, -0.05) is 6.92 Å². The number of hydrogen-bond acceptors (Lipinski definition) is 2. The molecule has 1 unspecified atom stereocenters. The van der Waals surface area contributed by atoms with E-state index in [4.69, 9.17) is 0 Å². The van der Waals surface area contributed by atoms with E-state index >= 15 is 0 Å². The van der Waals surface area contributed by atoms with Crippen LogP contribution in [0.15, 0.2) is 0 Å². The second kappa shape index (κ2) is 2.51. The van der Waals surface area contributed by atoms with Crippen molar-refractivity contribution in [3.63, 3.8) is 0 Å². The van der Waals surface area contributed by atoms with E-state index in [0.29, 0.717) is 5.92 Å². The molecule has 0 aliphatic heterocycles. The molecule has 0 aromatic carbocycles. The Balaban J connectivity index is 2.17. The van der Waals surface area contributed by atoms with E-state index in [0.717, 1.165) is 19.3 Å². The van der Waals surface area contributed by atoms with E-state index in [-0.39, 0.29) is 6.10 Å². The summed E-state index contributed by atoms with van der Waals surface area (Å²) in [5, 5.41) is 18.5.